The molecule has 2 heterocycles. The molecule has 6 heteroatoms. The molecule has 1 unspecified atom stereocenters. The highest BCUT2D eigenvalue weighted by molar-refractivity contribution is 5.80. The first-order valence-electron chi connectivity index (χ1n) is 7.69. The van der Waals surface area contributed by atoms with Gasteiger partial charge in [0.05, 0.1) is 0 Å². The Kier molecular flexibility index (Phi) is 4.22. The SMILES string of the molecule is CCN=C(NC1CC1)NC1CCN(c2ncccc2F)C1. The van der Waals surface area contributed by atoms with Crippen molar-refractivity contribution in [2.45, 2.75) is 38.3 Å². The van der Waals surface area contributed by atoms with Gasteiger partial charge in [0.25, 0.3) is 0 Å². The average Bonchev–Trinajstić information content (AvgIpc) is 3.16. The molecule has 0 amide bonds. The topological polar surface area (TPSA) is 52.6 Å². The molecule has 5 nitrogen and oxygen atoms in total. The van der Waals surface area contributed by atoms with Gasteiger partial charge in [0.15, 0.2) is 17.6 Å². The van der Waals surface area contributed by atoms with Crippen LogP contribution in [0.4, 0.5) is 10.2 Å². The third-order valence-electron chi connectivity index (χ3n) is 3.80. The van der Waals surface area contributed by atoms with Crippen molar-refractivity contribution in [3.8, 4) is 0 Å². The van der Waals surface area contributed by atoms with E-state index in [1.807, 2.05) is 11.8 Å². The number of aliphatic imine (C=N–C) groups is 1. The molecule has 1 aliphatic heterocycles. The van der Waals surface area contributed by atoms with Gasteiger partial charge in [0, 0.05) is 37.9 Å². The van der Waals surface area contributed by atoms with Crippen molar-refractivity contribution in [3.63, 3.8) is 0 Å². The monoisotopic (exact) mass is 291 g/mol. The minimum absolute atomic E-state index is 0.253. The third-order valence-corrected chi connectivity index (χ3v) is 3.80. The van der Waals surface area contributed by atoms with Crippen LogP contribution < -0.4 is 15.5 Å². The normalized spacial score (nSPS) is 22.5. The van der Waals surface area contributed by atoms with Gasteiger partial charge in [0.1, 0.15) is 0 Å². The van der Waals surface area contributed by atoms with Crippen molar-refractivity contribution >= 4 is 11.8 Å². The predicted octanol–water partition coefficient (Wildman–Crippen LogP) is 1.52. The summed E-state index contributed by atoms with van der Waals surface area (Å²) in [6, 6.07) is 3.94. The van der Waals surface area contributed by atoms with Crippen LogP contribution in [0.2, 0.25) is 0 Å². The second-order valence-electron chi connectivity index (χ2n) is 5.63. The molecule has 3 rings (SSSR count). The summed E-state index contributed by atoms with van der Waals surface area (Å²) in [6.07, 6.45) is 5.05. The Balaban J connectivity index is 1.58. The first-order valence-corrected chi connectivity index (χ1v) is 7.69. The summed E-state index contributed by atoms with van der Waals surface area (Å²) in [5.41, 5.74) is 0. The van der Waals surface area contributed by atoms with Crippen molar-refractivity contribution in [2.75, 3.05) is 24.5 Å². The molecule has 114 valence electrons. The molecule has 1 saturated carbocycles. The van der Waals surface area contributed by atoms with E-state index in [1.165, 1.54) is 18.9 Å². The van der Waals surface area contributed by atoms with Crippen LogP contribution in [-0.4, -0.2) is 42.7 Å². The standard InChI is InChI=1S/C15H22FN5/c1-2-17-15(19-11-5-6-11)20-12-7-9-21(10-12)14-13(16)4-3-8-18-14/h3-4,8,11-12H,2,5-7,9-10H2,1H3,(H2,17,19,20). The molecule has 0 radical (unpaired) electrons. The van der Waals surface area contributed by atoms with E-state index < -0.39 is 0 Å². The summed E-state index contributed by atoms with van der Waals surface area (Å²) in [5, 5.41) is 6.87. The molecule has 1 aromatic rings. The molecule has 0 aromatic carbocycles. The van der Waals surface area contributed by atoms with Crippen LogP contribution >= 0.6 is 0 Å². The number of hydrogen-bond donors (Lipinski definition) is 2. The summed E-state index contributed by atoms with van der Waals surface area (Å²) >= 11 is 0. The van der Waals surface area contributed by atoms with Crippen LogP contribution in [0.3, 0.4) is 0 Å². The molecule has 1 aromatic heterocycles. The molecule has 1 atom stereocenters. The summed E-state index contributed by atoms with van der Waals surface area (Å²) < 4.78 is 13.8. The van der Waals surface area contributed by atoms with Gasteiger partial charge in [-0.1, -0.05) is 0 Å². The molecule has 0 bridgehead atoms. The number of nitrogens with one attached hydrogen (secondary N) is 2. The fourth-order valence-corrected chi connectivity index (χ4v) is 2.59. The van der Waals surface area contributed by atoms with E-state index in [0.717, 1.165) is 32.0 Å². The van der Waals surface area contributed by atoms with E-state index in [2.05, 4.69) is 20.6 Å². The molecule has 21 heavy (non-hydrogen) atoms. The van der Waals surface area contributed by atoms with Crippen LogP contribution in [0.25, 0.3) is 0 Å². The lowest BCUT2D eigenvalue weighted by molar-refractivity contribution is 0.612. The van der Waals surface area contributed by atoms with Crippen molar-refractivity contribution in [1.29, 1.82) is 0 Å². The lowest BCUT2D eigenvalue weighted by Crippen LogP contribution is -2.45. The Hall–Kier alpha value is -1.85. The first kappa shape index (κ1) is 14.1. The second kappa shape index (κ2) is 6.28. The number of pyridine rings is 1. The summed E-state index contributed by atoms with van der Waals surface area (Å²) in [7, 11) is 0. The van der Waals surface area contributed by atoms with Gasteiger partial charge in [-0.25, -0.2) is 9.37 Å². The number of nitrogens with zero attached hydrogens (tertiary/aromatic N) is 3. The van der Waals surface area contributed by atoms with Crippen LogP contribution in [0.1, 0.15) is 26.2 Å². The molecule has 2 fully saturated rings. The highest BCUT2D eigenvalue weighted by Crippen LogP contribution is 2.21. The number of rotatable bonds is 4. The summed E-state index contributed by atoms with van der Waals surface area (Å²) in [6.45, 7) is 4.35. The van der Waals surface area contributed by atoms with Crippen molar-refractivity contribution in [1.82, 2.24) is 15.6 Å². The molecule has 2 aliphatic rings. The smallest absolute Gasteiger partial charge is 0.191 e. The van der Waals surface area contributed by atoms with E-state index >= 15 is 0 Å². The molecular formula is C15H22FN5. The van der Waals surface area contributed by atoms with Gasteiger partial charge in [-0.2, -0.15) is 0 Å². The van der Waals surface area contributed by atoms with E-state index in [1.54, 1.807) is 12.3 Å². The van der Waals surface area contributed by atoms with E-state index in [0.29, 0.717) is 11.9 Å². The maximum atomic E-state index is 13.8. The molecular weight excluding hydrogens is 269 g/mol. The zero-order chi connectivity index (χ0) is 14.7. The Morgan fingerprint density at radius 3 is 2.90 bits per heavy atom. The number of guanidine groups is 1. The van der Waals surface area contributed by atoms with E-state index in [-0.39, 0.29) is 11.9 Å². The van der Waals surface area contributed by atoms with Crippen LogP contribution in [-0.2, 0) is 0 Å². The molecule has 2 N–H and O–H groups in total. The number of halogens is 1. The quantitative estimate of drug-likeness (QED) is 0.652. The number of anilines is 1. The Morgan fingerprint density at radius 1 is 1.38 bits per heavy atom. The van der Waals surface area contributed by atoms with Gasteiger partial charge in [-0.15, -0.1) is 0 Å². The molecule has 1 aliphatic carbocycles. The largest absolute Gasteiger partial charge is 0.354 e. The van der Waals surface area contributed by atoms with Crippen molar-refractivity contribution < 1.29 is 4.39 Å². The van der Waals surface area contributed by atoms with Crippen LogP contribution in [0.15, 0.2) is 23.3 Å². The first-order chi connectivity index (χ1) is 10.3. The predicted molar refractivity (Wildman–Crippen MR) is 82.1 cm³/mol. The van der Waals surface area contributed by atoms with E-state index in [4.69, 9.17) is 0 Å². The second-order valence-corrected chi connectivity index (χ2v) is 5.63. The van der Waals surface area contributed by atoms with Gasteiger partial charge in [-0.3, -0.25) is 4.99 Å². The summed E-state index contributed by atoms with van der Waals surface area (Å²) in [5.74, 6) is 1.08. The Labute approximate surface area is 124 Å². The lowest BCUT2D eigenvalue weighted by Gasteiger charge is -2.20. The number of aromatic nitrogens is 1. The van der Waals surface area contributed by atoms with Crippen molar-refractivity contribution in [2.24, 2.45) is 4.99 Å². The highest BCUT2D eigenvalue weighted by atomic mass is 19.1. The minimum atomic E-state index is -0.253. The maximum Gasteiger partial charge on any atom is 0.191 e. The Bertz CT molecular complexity index is 515. The highest BCUT2D eigenvalue weighted by Gasteiger charge is 2.28. The molecule has 0 spiro atoms. The van der Waals surface area contributed by atoms with Crippen molar-refractivity contribution in [3.05, 3.63) is 24.1 Å². The number of hydrogen-bond acceptors (Lipinski definition) is 3. The molecule has 1 saturated heterocycles. The third kappa shape index (κ3) is 3.62. The minimum Gasteiger partial charge on any atom is -0.354 e. The maximum absolute atomic E-state index is 13.8. The zero-order valence-corrected chi connectivity index (χ0v) is 12.3. The Morgan fingerprint density at radius 2 is 2.19 bits per heavy atom. The van der Waals surface area contributed by atoms with Crippen LogP contribution in [0.5, 0.6) is 0 Å². The van der Waals surface area contributed by atoms with Gasteiger partial charge < -0.3 is 15.5 Å². The zero-order valence-electron chi connectivity index (χ0n) is 12.3. The van der Waals surface area contributed by atoms with Crippen LogP contribution in [0, 0.1) is 5.82 Å². The fraction of sp³-hybridized carbons (Fsp3) is 0.600. The fourth-order valence-electron chi connectivity index (χ4n) is 2.59. The van der Waals surface area contributed by atoms with Gasteiger partial charge in [-0.05, 0) is 38.3 Å². The summed E-state index contributed by atoms with van der Waals surface area (Å²) in [4.78, 5) is 10.6. The average molecular weight is 291 g/mol. The lowest BCUT2D eigenvalue weighted by atomic mass is 10.3. The van der Waals surface area contributed by atoms with E-state index in [9.17, 15) is 4.39 Å². The van der Waals surface area contributed by atoms with Gasteiger partial charge >= 0.3 is 0 Å². The van der Waals surface area contributed by atoms with Gasteiger partial charge in [0.2, 0.25) is 0 Å².